The Morgan fingerprint density at radius 3 is 2.61 bits per heavy atom. The minimum absolute atomic E-state index is 0.239. The average Bonchev–Trinajstić information content (AvgIpc) is 2.74. The van der Waals surface area contributed by atoms with Crippen molar-refractivity contribution in [1.82, 2.24) is 5.43 Å². The molecular formula is C22H23N3O3. The molecule has 0 aliphatic heterocycles. The van der Waals surface area contributed by atoms with Crippen molar-refractivity contribution >= 4 is 28.6 Å². The van der Waals surface area contributed by atoms with Crippen LogP contribution in [0.5, 0.6) is 11.5 Å². The van der Waals surface area contributed by atoms with Gasteiger partial charge in [-0.3, -0.25) is 4.79 Å². The molecule has 6 heteroatoms. The highest BCUT2D eigenvalue weighted by atomic mass is 16.5. The van der Waals surface area contributed by atoms with Crippen LogP contribution in [0.4, 0.5) is 5.69 Å². The smallest absolute Gasteiger partial charge is 0.262 e. The zero-order valence-electron chi connectivity index (χ0n) is 16.1. The largest absolute Gasteiger partial charge is 0.497 e. The molecule has 28 heavy (non-hydrogen) atoms. The highest BCUT2D eigenvalue weighted by molar-refractivity contribution is 5.96. The third-order valence-corrected chi connectivity index (χ3v) is 4.37. The second kappa shape index (κ2) is 8.90. The van der Waals surface area contributed by atoms with Crippen LogP contribution in [0.3, 0.4) is 0 Å². The Kier molecular flexibility index (Phi) is 6.11. The highest BCUT2D eigenvalue weighted by Crippen LogP contribution is 2.24. The van der Waals surface area contributed by atoms with E-state index in [0.29, 0.717) is 11.5 Å². The first kappa shape index (κ1) is 19.2. The minimum Gasteiger partial charge on any atom is -0.497 e. The molecule has 0 bridgehead atoms. The third kappa shape index (κ3) is 4.40. The van der Waals surface area contributed by atoms with Gasteiger partial charge in [0, 0.05) is 22.7 Å². The lowest BCUT2D eigenvalue weighted by Crippen LogP contribution is -2.34. The molecule has 0 aromatic heterocycles. The van der Waals surface area contributed by atoms with Crippen LogP contribution in [-0.2, 0) is 4.79 Å². The van der Waals surface area contributed by atoms with Crippen molar-refractivity contribution in [2.45, 2.75) is 13.0 Å². The summed E-state index contributed by atoms with van der Waals surface area (Å²) in [5.41, 5.74) is 4.20. The topological polar surface area (TPSA) is 72.0 Å². The van der Waals surface area contributed by atoms with Gasteiger partial charge in [0.15, 0.2) is 0 Å². The van der Waals surface area contributed by atoms with E-state index >= 15 is 0 Å². The highest BCUT2D eigenvalue weighted by Gasteiger charge is 2.13. The second-order valence-corrected chi connectivity index (χ2v) is 6.23. The predicted octanol–water partition coefficient (Wildman–Crippen LogP) is 3.81. The normalized spacial score (nSPS) is 12.0. The van der Waals surface area contributed by atoms with E-state index in [9.17, 15) is 4.79 Å². The lowest BCUT2D eigenvalue weighted by Gasteiger charge is -2.15. The summed E-state index contributed by atoms with van der Waals surface area (Å²) in [6.45, 7) is 1.79. The van der Waals surface area contributed by atoms with Gasteiger partial charge in [0.25, 0.3) is 5.91 Å². The van der Waals surface area contributed by atoms with Crippen LogP contribution in [-0.4, -0.2) is 32.4 Å². The quantitative estimate of drug-likeness (QED) is 0.485. The predicted molar refractivity (Wildman–Crippen MR) is 112 cm³/mol. The zero-order valence-corrected chi connectivity index (χ0v) is 16.1. The van der Waals surface area contributed by atoms with Gasteiger partial charge in [-0.25, -0.2) is 5.43 Å². The number of amides is 1. The van der Waals surface area contributed by atoms with E-state index in [4.69, 9.17) is 9.47 Å². The molecule has 0 heterocycles. The number of nitrogens with one attached hydrogen (secondary N) is 2. The van der Waals surface area contributed by atoms with E-state index in [1.807, 2.05) is 48.5 Å². The molecule has 0 aliphatic rings. The summed E-state index contributed by atoms with van der Waals surface area (Å²) < 4.78 is 10.5. The number of ether oxygens (including phenoxy) is 2. The molecule has 3 aromatic carbocycles. The fourth-order valence-electron chi connectivity index (χ4n) is 2.84. The van der Waals surface area contributed by atoms with Crippen molar-refractivity contribution in [1.29, 1.82) is 0 Å². The van der Waals surface area contributed by atoms with Crippen LogP contribution >= 0.6 is 0 Å². The summed E-state index contributed by atoms with van der Waals surface area (Å²) in [7, 11) is 3.16. The molecule has 0 saturated carbocycles. The molecule has 1 unspecified atom stereocenters. The maximum Gasteiger partial charge on any atom is 0.262 e. The van der Waals surface area contributed by atoms with Crippen molar-refractivity contribution in [3.63, 3.8) is 0 Å². The molecule has 0 aliphatic carbocycles. The van der Waals surface area contributed by atoms with E-state index in [-0.39, 0.29) is 5.91 Å². The molecule has 6 nitrogen and oxygen atoms in total. The lowest BCUT2D eigenvalue weighted by molar-refractivity contribution is -0.121. The maximum atomic E-state index is 12.4. The Morgan fingerprint density at radius 1 is 1.04 bits per heavy atom. The van der Waals surface area contributed by atoms with Crippen LogP contribution in [0.15, 0.2) is 65.8 Å². The number of nitrogens with zero attached hydrogens (tertiary/aromatic N) is 1. The van der Waals surface area contributed by atoms with Gasteiger partial charge in [0.2, 0.25) is 0 Å². The van der Waals surface area contributed by atoms with E-state index in [0.717, 1.165) is 22.0 Å². The molecule has 1 amide bonds. The van der Waals surface area contributed by atoms with Crippen molar-refractivity contribution in [2.75, 3.05) is 19.5 Å². The molecule has 144 valence electrons. The molecular weight excluding hydrogens is 354 g/mol. The molecule has 3 rings (SSSR count). The number of hydrogen-bond acceptors (Lipinski definition) is 5. The maximum absolute atomic E-state index is 12.4. The van der Waals surface area contributed by atoms with Crippen molar-refractivity contribution in [3.8, 4) is 11.5 Å². The van der Waals surface area contributed by atoms with Gasteiger partial charge in [-0.2, -0.15) is 5.10 Å². The first-order valence-corrected chi connectivity index (χ1v) is 8.91. The monoisotopic (exact) mass is 377 g/mol. The van der Waals surface area contributed by atoms with Gasteiger partial charge >= 0.3 is 0 Å². The first-order chi connectivity index (χ1) is 13.6. The number of hydrogen-bond donors (Lipinski definition) is 2. The van der Waals surface area contributed by atoms with Crippen LogP contribution in [0.2, 0.25) is 0 Å². The fourth-order valence-corrected chi connectivity index (χ4v) is 2.84. The van der Waals surface area contributed by atoms with E-state index in [2.05, 4.69) is 15.8 Å². The fraction of sp³-hybridized carbons (Fsp3) is 0.182. The minimum atomic E-state index is -0.458. The zero-order chi connectivity index (χ0) is 19.9. The Morgan fingerprint density at radius 2 is 1.82 bits per heavy atom. The third-order valence-electron chi connectivity index (χ3n) is 4.37. The van der Waals surface area contributed by atoms with E-state index in [1.54, 1.807) is 39.5 Å². The molecule has 3 aromatic rings. The molecule has 0 spiro atoms. The number of rotatable bonds is 7. The summed E-state index contributed by atoms with van der Waals surface area (Å²) in [6, 6.07) is 18.9. The van der Waals surface area contributed by atoms with Crippen molar-refractivity contribution < 1.29 is 14.3 Å². The van der Waals surface area contributed by atoms with Gasteiger partial charge in [0.05, 0.1) is 20.4 Å². The number of methoxy groups -OCH3 is 2. The molecule has 0 radical (unpaired) electrons. The molecule has 0 saturated heterocycles. The van der Waals surface area contributed by atoms with Gasteiger partial charge in [0.1, 0.15) is 17.5 Å². The Hall–Kier alpha value is -3.54. The van der Waals surface area contributed by atoms with Crippen molar-refractivity contribution in [2.24, 2.45) is 5.10 Å². The standard InChI is InChI=1S/C22H23N3O3/c1-15(24-20-10-6-8-16-7-4-5-9-19(16)20)22(26)25-23-14-17-11-12-18(27-2)13-21(17)28-3/h4-15,24H,1-3H3,(H,25,26). The number of carbonyl (C=O) groups is 1. The lowest BCUT2D eigenvalue weighted by atomic mass is 10.1. The van der Waals surface area contributed by atoms with E-state index in [1.165, 1.54) is 0 Å². The van der Waals surface area contributed by atoms with Crippen molar-refractivity contribution in [3.05, 3.63) is 66.2 Å². The number of anilines is 1. The summed E-state index contributed by atoms with van der Waals surface area (Å²) in [4.78, 5) is 12.4. The Balaban J connectivity index is 1.65. The molecule has 1 atom stereocenters. The Labute approximate surface area is 164 Å². The second-order valence-electron chi connectivity index (χ2n) is 6.23. The van der Waals surface area contributed by atoms with Gasteiger partial charge < -0.3 is 14.8 Å². The first-order valence-electron chi connectivity index (χ1n) is 8.91. The van der Waals surface area contributed by atoms with Gasteiger partial charge in [-0.15, -0.1) is 0 Å². The summed E-state index contributed by atoms with van der Waals surface area (Å²) in [5, 5.41) is 9.47. The number of carbonyl (C=O) groups excluding carboxylic acids is 1. The van der Waals surface area contributed by atoms with E-state index < -0.39 is 6.04 Å². The summed E-state index contributed by atoms with van der Waals surface area (Å²) in [5.74, 6) is 1.06. The SMILES string of the molecule is COc1ccc(C=NNC(=O)C(C)Nc2cccc3ccccc23)c(OC)c1. The number of hydrazone groups is 1. The van der Waals surface area contributed by atoms with Crippen LogP contribution in [0.25, 0.3) is 10.8 Å². The van der Waals surface area contributed by atoms with Crippen LogP contribution in [0, 0.1) is 0 Å². The van der Waals surface area contributed by atoms with Crippen LogP contribution < -0.4 is 20.2 Å². The van der Waals surface area contributed by atoms with Gasteiger partial charge in [-0.05, 0) is 30.5 Å². The summed E-state index contributed by atoms with van der Waals surface area (Å²) in [6.07, 6.45) is 1.54. The average molecular weight is 377 g/mol. The number of fused-ring (bicyclic) bond motifs is 1. The molecule has 0 fully saturated rings. The summed E-state index contributed by atoms with van der Waals surface area (Å²) >= 11 is 0. The number of benzene rings is 3. The van der Waals surface area contributed by atoms with Gasteiger partial charge in [-0.1, -0.05) is 36.4 Å². The molecule has 2 N–H and O–H groups in total. The van der Waals surface area contributed by atoms with Crippen LogP contribution in [0.1, 0.15) is 12.5 Å². The Bertz CT molecular complexity index is 996.